The van der Waals surface area contributed by atoms with Gasteiger partial charge in [-0.15, -0.1) is 0 Å². The molecule has 0 aliphatic rings. The molecular weight excluding hydrogens is 222 g/mol. The number of benzene rings is 1. The Bertz CT molecular complexity index is 439. The van der Waals surface area contributed by atoms with E-state index in [-0.39, 0.29) is 0 Å². The Kier molecular flexibility index (Phi) is 3.58. The molecule has 0 aliphatic carbocycles. The maximum atomic E-state index is 6.34. The molecule has 0 spiro atoms. The standard InChI is InChI=1S/C15H25NSi/c1-11(2)12-9-8-10-13(14(12)16)17(6,7)15(3,4)5/h8-10H,1,16H2,2-7H3. The second-order valence-corrected chi connectivity index (χ2v) is 11.7. The molecule has 0 fully saturated rings. The summed E-state index contributed by atoms with van der Waals surface area (Å²) in [7, 11) is -1.57. The number of para-hydroxylation sites is 1. The first-order valence-electron chi connectivity index (χ1n) is 6.14. The maximum absolute atomic E-state index is 6.34. The molecule has 1 nitrogen and oxygen atoms in total. The summed E-state index contributed by atoms with van der Waals surface area (Å²) in [5.74, 6) is 0. The van der Waals surface area contributed by atoms with Crippen molar-refractivity contribution in [2.45, 2.75) is 45.8 Å². The molecule has 0 radical (unpaired) electrons. The third kappa shape index (κ3) is 2.47. The number of rotatable bonds is 2. The van der Waals surface area contributed by atoms with Crippen LogP contribution in [0.1, 0.15) is 33.3 Å². The van der Waals surface area contributed by atoms with Crippen LogP contribution in [0, 0.1) is 0 Å². The minimum Gasteiger partial charge on any atom is -0.398 e. The van der Waals surface area contributed by atoms with Gasteiger partial charge in [0.05, 0.1) is 8.07 Å². The number of hydrogen-bond donors (Lipinski definition) is 1. The van der Waals surface area contributed by atoms with Crippen LogP contribution in [0.2, 0.25) is 18.1 Å². The summed E-state index contributed by atoms with van der Waals surface area (Å²) < 4.78 is 0. The first kappa shape index (κ1) is 14.0. The van der Waals surface area contributed by atoms with Crippen LogP contribution in [0.5, 0.6) is 0 Å². The van der Waals surface area contributed by atoms with Crippen molar-refractivity contribution in [3.05, 3.63) is 30.3 Å². The summed E-state index contributed by atoms with van der Waals surface area (Å²) in [6, 6.07) is 6.36. The van der Waals surface area contributed by atoms with Gasteiger partial charge in [0, 0.05) is 5.69 Å². The average Bonchev–Trinajstić information content (AvgIpc) is 2.15. The molecule has 0 aliphatic heterocycles. The van der Waals surface area contributed by atoms with Crippen LogP contribution < -0.4 is 10.9 Å². The van der Waals surface area contributed by atoms with E-state index in [1.165, 1.54) is 5.19 Å². The van der Waals surface area contributed by atoms with Gasteiger partial charge in [0.1, 0.15) is 0 Å². The van der Waals surface area contributed by atoms with Gasteiger partial charge < -0.3 is 5.73 Å². The van der Waals surface area contributed by atoms with Crippen molar-refractivity contribution >= 4 is 24.5 Å². The van der Waals surface area contributed by atoms with Crippen LogP contribution in [-0.4, -0.2) is 8.07 Å². The van der Waals surface area contributed by atoms with Gasteiger partial charge in [-0.1, -0.05) is 58.6 Å². The molecule has 1 rings (SSSR count). The van der Waals surface area contributed by atoms with Crippen molar-refractivity contribution in [2.75, 3.05) is 5.73 Å². The maximum Gasteiger partial charge on any atom is 0.0886 e. The lowest BCUT2D eigenvalue weighted by Crippen LogP contribution is -2.50. The second-order valence-electron chi connectivity index (χ2n) is 6.42. The molecule has 2 N–H and O–H groups in total. The molecular formula is C15H25NSi. The van der Waals surface area contributed by atoms with Crippen LogP contribution in [0.4, 0.5) is 5.69 Å². The van der Waals surface area contributed by atoms with E-state index in [2.05, 4.69) is 58.6 Å². The zero-order valence-electron chi connectivity index (χ0n) is 12.0. The van der Waals surface area contributed by atoms with Gasteiger partial charge in [-0.2, -0.15) is 0 Å². The van der Waals surface area contributed by atoms with Crippen molar-refractivity contribution in [1.29, 1.82) is 0 Å². The smallest absolute Gasteiger partial charge is 0.0886 e. The number of nitrogens with two attached hydrogens (primary N) is 1. The van der Waals surface area contributed by atoms with Gasteiger partial charge in [0.15, 0.2) is 0 Å². The minimum atomic E-state index is -1.57. The fourth-order valence-corrected chi connectivity index (χ4v) is 4.02. The van der Waals surface area contributed by atoms with E-state index in [0.29, 0.717) is 5.04 Å². The molecule has 0 amide bonds. The Morgan fingerprint density at radius 2 is 1.76 bits per heavy atom. The average molecular weight is 247 g/mol. The van der Waals surface area contributed by atoms with Crippen molar-refractivity contribution in [2.24, 2.45) is 0 Å². The molecule has 0 heterocycles. The fourth-order valence-electron chi connectivity index (χ4n) is 1.89. The summed E-state index contributed by atoms with van der Waals surface area (Å²) in [6.07, 6.45) is 0. The topological polar surface area (TPSA) is 26.0 Å². The van der Waals surface area contributed by atoms with Crippen LogP contribution in [0.15, 0.2) is 24.8 Å². The highest BCUT2D eigenvalue weighted by molar-refractivity contribution is 6.93. The Morgan fingerprint density at radius 1 is 1.24 bits per heavy atom. The van der Waals surface area contributed by atoms with E-state index < -0.39 is 8.07 Å². The van der Waals surface area contributed by atoms with Crippen LogP contribution in [0.25, 0.3) is 5.57 Å². The van der Waals surface area contributed by atoms with E-state index in [0.717, 1.165) is 16.8 Å². The second kappa shape index (κ2) is 4.34. The highest BCUT2D eigenvalue weighted by atomic mass is 28.3. The lowest BCUT2D eigenvalue weighted by atomic mass is 10.1. The van der Waals surface area contributed by atoms with Crippen LogP contribution in [-0.2, 0) is 0 Å². The molecule has 1 aromatic rings. The van der Waals surface area contributed by atoms with Gasteiger partial charge in [-0.25, -0.2) is 0 Å². The molecule has 1 aromatic carbocycles. The lowest BCUT2D eigenvalue weighted by Gasteiger charge is -2.38. The highest BCUT2D eigenvalue weighted by Crippen LogP contribution is 2.37. The Hall–Kier alpha value is -1.02. The van der Waals surface area contributed by atoms with Crippen LogP contribution >= 0.6 is 0 Å². The summed E-state index contributed by atoms with van der Waals surface area (Å²) >= 11 is 0. The predicted octanol–water partition coefficient (Wildman–Crippen LogP) is 4.02. The normalized spacial score (nSPS) is 12.6. The number of nitrogen functional groups attached to an aromatic ring is 1. The third-order valence-electron chi connectivity index (χ3n) is 4.11. The zero-order chi connectivity index (χ0) is 13.4. The Balaban J connectivity index is 3.44. The van der Waals surface area contributed by atoms with E-state index in [9.17, 15) is 0 Å². The van der Waals surface area contributed by atoms with E-state index in [1.54, 1.807) is 0 Å². The van der Waals surface area contributed by atoms with E-state index in [4.69, 9.17) is 5.73 Å². The molecule has 0 bridgehead atoms. The molecule has 0 saturated heterocycles. The quantitative estimate of drug-likeness (QED) is 0.620. The summed E-state index contributed by atoms with van der Waals surface area (Å²) in [6.45, 7) is 17.7. The molecule has 0 saturated carbocycles. The van der Waals surface area contributed by atoms with E-state index in [1.807, 2.05) is 6.92 Å². The Morgan fingerprint density at radius 3 is 2.18 bits per heavy atom. The molecule has 0 aromatic heterocycles. The molecule has 2 heteroatoms. The summed E-state index contributed by atoms with van der Waals surface area (Å²) in [4.78, 5) is 0. The van der Waals surface area contributed by atoms with Gasteiger partial charge in [-0.3, -0.25) is 0 Å². The van der Waals surface area contributed by atoms with Crippen molar-refractivity contribution in [3.8, 4) is 0 Å². The van der Waals surface area contributed by atoms with Crippen molar-refractivity contribution in [3.63, 3.8) is 0 Å². The zero-order valence-corrected chi connectivity index (χ0v) is 13.0. The summed E-state index contributed by atoms with van der Waals surface area (Å²) in [5, 5.41) is 1.65. The van der Waals surface area contributed by atoms with Crippen LogP contribution in [0.3, 0.4) is 0 Å². The number of allylic oxidation sites excluding steroid dienone is 1. The lowest BCUT2D eigenvalue weighted by molar-refractivity contribution is 0.729. The van der Waals surface area contributed by atoms with Gasteiger partial charge >= 0.3 is 0 Å². The predicted molar refractivity (Wildman–Crippen MR) is 82.4 cm³/mol. The first-order valence-corrected chi connectivity index (χ1v) is 9.14. The molecule has 0 unspecified atom stereocenters. The van der Waals surface area contributed by atoms with Gasteiger partial charge in [0.2, 0.25) is 0 Å². The monoisotopic (exact) mass is 247 g/mol. The van der Waals surface area contributed by atoms with Gasteiger partial charge in [-0.05, 0) is 28.3 Å². The Labute approximate surface area is 107 Å². The molecule has 0 atom stereocenters. The van der Waals surface area contributed by atoms with E-state index >= 15 is 0 Å². The SMILES string of the molecule is C=C(C)c1cccc([Si](C)(C)C(C)(C)C)c1N. The van der Waals surface area contributed by atoms with Crippen molar-refractivity contribution < 1.29 is 0 Å². The summed E-state index contributed by atoms with van der Waals surface area (Å²) in [5.41, 5.74) is 9.43. The first-order chi connectivity index (χ1) is 7.59. The minimum absolute atomic E-state index is 0.300. The van der Waals surface area contributed by atoms with Crippen molar-refractivity contribution in [1.82, 2.24) is 0 Å². The fraction of sp³-hybridized carbons (Fsp3) is 0.467. The highest BCUT2D eigenvalue weighted by Gasteiger charge is 2.38. The number of anilines is 1. The third-order valence-corrected chi connectivity index (χ3v) is 9.65. The largest absolute Gasteiger partial charge is 0.398 e. The number of hydrogen-bond acceptors (Lipinski definition) is 1. The van der Waals surface area contributed by atoms with Gasteiger partial charge in [0.25, 0.3) is 0 Å². The molecule has 17 heavy (non-hydrogen) atoms. The molecule has 94 valence electrons.